The number of aromatic nitrogens is 3. The van der Waals surface area contributed by atoms with Crippen molar-refractivity contribution in [3.8, 4) is 0 Å². The van der Waals surface area contributed by atoms with Crippen molar-refractivity contribution in [3.63, 3.8) is 0 Å². The highest BCUT2D eigenvalue weighted by molar-refractivity contribution is 5.94. The van der Waals surface area contributed by atoms with Gasteiger partial charge in [-0.3, -0.25) is 24.2 Å². The lowest BCUT2D eigenvalue weighted by Crippen LogP contribution is -2.65. The average molecular weight is 479 g/mol. The number of hydrogen-bond donors (Lipinski definition) is 1. The number of piperidine rings is 3. The number of aryl methyl sites for hydroxylation is 1. The van der Waals surface area contributed by atoms with Crippen LogP contribution in [0.5, 0.6) is 0 Å². The molecule has 0 unspecified atom stereocenters. The van der Waals surface area contributed by atoms with Gasteiger partial charge in [0.1, 0.15) is 0 Å². The molecule has 3 saturated heterocycles. The van der Waals surface area contributed by atoms with E-state index in [0.29, 0.717) is 36.4 Å². The van der Waals surface area contributed by atoms with Crippen molar-refractivity contribution in [3.05, 3.63) is 48.5 Å². The predicted molar refractivity (Wildman–Crippen MR) is 134 cm³/mol. The summed E-state index contributed by atoms with van der Waals surface area (Å²) in [5, 5.41) is 7.25. The molecule has 188 valence electrons. The zero-order valence-corrected chi connectivity index (χ0v) is 20.6. The molecule has 0 spiro atoms. The van der Waals surface area contributed by atoms with Gasteiger partial charge in [-0.1, -0.05) is 0 Å². The highest BCUT2D eigenvalue weighted by Crippen LogP contribution is 2.43. The van der Waals surface area contributed by atoms with E-state index in [9.17, 15) is 9.59 Å². The fraction of sp³-hybridized carbons (Fsp3) is 0.630. The standard InChI is InChI=1S/C27H38N6O2/c34-25(29-13-5-17-32-18-6-14-30-32)11-1-10-24-23-9-4-16-31-15-3-8-22(26(23)31)20-33(24)27(35)21-7-2-12-28-19-21/h2,6-7,12,14,18-19,22-24,26H,1,3-5,8-11,13,15-17,20H2,(H,29,34)/t22-,23+,24+,26-/m0/s1. The van der Waals surface area contributed by atoms with E-state index in [1.165, 1.54) is 38.8 Å². The second-order valence-corrected chi connectivity index (χ2v) is 10.4. The normalized spacial score (nSPS) is 26.2. The Hall–Kier alpha value is -2.74. The Balaban J connectivity index is 1.20. The average Bonchev–Trinajstić information content (AvgIpc) is 3.42. The Labute approximate surface area is 208 Å². The molecule has 0 aromatic carbocycles. The fourth-order valence-corrected chi connectivity index (χ4v) is 6.72. The molecular weight excluding hydrogens is 440 g/mol. The molecule has 4 atom stereocenters. The van der Waals surface area contributed by atoms with Gasteiger partial charge in [0, 0.05) is 62.9 Å². The summed E-state index contributed by atoms with van der Waals surface area (Å²) in [4.78, 5) is 35.1. The van der Waals surface area contributed by atoms with Crippen LogP contribution < -0.4 is 5.32 Å². The van der Waals surface area contributed by atoms with Gasteiger partial charge in [-0.05, 0) is 88.1 Å². The maximum absolute atomic E-state index is 13.6. The third kappa shape index (κ3) is 5.58. The molecule has 3 aliphatic heterocycles. The minimum Gasteiger partial charge on any atom is -0.356 e. The van der Waals surface area contributed by atoms with Gasteiger partial charge in [-0.25, -0.2) is 0 Å². The summed E-state index contributed by atoms with van der Waals surface area (Å²) >= 11 is 0. The first-order valence-electron chi connectivity index (χ1n) is 13.4. The van der Waals surface area contributed by atoms with Gasteiger partial charge in [-0.15, -0.1) is 0 Å². The van der Waals surface area contributed by atoms with Gasteiger partial charge in [0.2, 0.25) is 5.91 Å². The maximum atomic E-state index is 13.6. The number of nitrogens with one attached hydrogen (secondary N) is 1. The van der Waals surface area contributed by atoms with Gasteiger partial charge < -0.3 is 10.2 Å². The second-order valence-electron chi connectivity index (χ2n) is 10.4. The van der Waals surface area contributed by atoms with Crippen molar-refractivity contribution in [1.82, 2.24) is 29.9 Å². The number of carbonyl (C=O) groups excluding carboxylic acids is 2. The van der Waals surface area contributed by atoms with Crippen LogP contribution in [0.2, 0.25) is 0 Å². The van der Waals surface area contributed by atoms with Gasteiger partial charge >= 0.3 is 0 Å². The third-order valence-corrected chi connectivity index (χ3v) is 8.19. The molecule has 0 saturated carbocycles. The molecule has 0 aliphatic carbocycles. The van der Waals surface area contributed by atoms with Crippen molar-refractivity contribution in [2.75, 3.05) is 26.2 Å². The zero-order chi connectivity index (χ0) is 24.0. The van der Waals surface area contributed by atoms with Gasteiger partial charge in [0.25, 0.3) is 5.91 Å². The Morgan fingerprint density at radius 3 is 2.77 bits per heavy atom. The molecule has 2 amide bonds. The molecule has 5 heterocycles. The van der Waals surface area contributed by atoms with Crippen molar-refractivity contribution in [2.24, 2.45) is 11.8 Å². The van der Waals surface area contributed by atoms with E-state index in [0.717, 1.165) is 32.4 Å². The van der Waals surface area contributed by atoms with E-state index in [1.807, 2.05) is 29.1 Å². The molecule has 0 radical (unpaired) electrons. The Morgan fingerprint density at radius 1 is 1.09 bits per heavy atom. The van der Waals surface area contributed by atoms with Crippen LogP contribution in [0.25, 0.3) is 0 Å². The van der Waals surface area contributed by atoms with Crippen LogP contribution in [0.1, 0.15) is 61.7 Å². The van der Waals surface area contributed by atoms with Crippen LogP contribution in [0.3, 0.4) is 0 Å². The number of nitrogens with zero attached hydrogens (tertiary/aromatic N) is 5. The lowest BCUT2D eigenvalue weighted by atomic mass is 9.69. The molecular formula is C27H38N6O2. The van der Waals surface area contributed by atoms with Crippen molar-refractivity contribution in [1.29, 1.82) is 0 Å². The second kappa shape index (κ2) is 11.3. The van der Waals surface area contributed by atoms with E-state index < -0.39 is 0 Å². The smallest absolute Gasteiger partial charge is 0.255 e. The van der Waals surface area contributed by atoms with E-state index in [2.05, 4.69) is 25.2 Å². The largest absolute Gasteiger partial charge is 0.356 e. The molecule has 8 heteroatoms. The number of hydrogen-bond acceptors (Lipinski definition) is 5. The SMILES string of the molecule is O=C(CCC[C@@H]1[C@H]2CCCN3CCC[C@@H](CN1C(=O)c1cccnc1)[C@@H]23)NCCCn1cccn1. The number of pyridine rings is 1. The summed E-state index contributed by atoms with van der Waals surface area (Å²) in [7, 11) is 0. The number of amides is 2. The van der Waals surface area contributed by atoms with E-state index in [1.54, 1.807) is 18.6 Å². The summed E-state index contributed by atoms with van der Waals surface area (Å²) in [5.41, 5.74) is 0.675. The monoisotopic (exact) mass is 478 g/mol. The van der Waals surface area contributed by atoms with Crippen molar-refractivity contribution >= 4 is 11.8 Å². The quantitative estimate of drug-likeness (QED) is 0.561. The van der Waals surface area contributed by atoms with E-state index >= 15 is 0 Å². The summed E-state index contributed by atoms with van der Waals surface area (Å²) in [6.45, 7) is 4.69. The van der Waals surface area contributed by atoms with Crippen LogP contribution in [0.4, 0.5) is 0 Å². The first-order valence-corrected chi connectivity index (χ1v) is 13.4. The highest BCUT2D eigenvalue weighted by Gasteiger charge is 2.49. The molecule has 0 bridgehead atoms. The van der Waals surface area contributed by atoms with E-state index in [-0.39, 0.29) is 17.9 Å². The predicted octanol–water partition coefficient (Wildman–Crippen LogP) is 2.97. The van der Waals surface area contributed by atoms with Gasteiger partial charge in [0.05, 0.1) is 5.56 Å². The first-order chi connectivity index (χ1) is 17.2. The molecule has 8 nitrogen and oxygen atoms in total. The Kier molecular flexibility index (Phi) is 7.76. The summed E-state index contributed by atoms with van der Waals surface area (Å²) < 4.78 is 1.88. The molecule has 1 N–H and O–H groups in total. The molecule has 2 aromatic heterocycles. The van der Waals surface area contributed by atoms with Crippen molar-refractivity contribution < 1.29 is 9.59 Å². The van der Waals surface area contributed by atoms with Crippen LogP contribution in [0, 0.1) is 11.8 Å². The molecule has 2 aromatic rings. The molecule has 3 aliphatic rings. The lowest BCUT2D eigenvalue weighted by molar-refractivity contribution is -0.121. The fourth-order valence-electron chi connectivity index (χ4n) is 6.72. The van der Waals surface area contributed by atoms with Gasteiger partial charge in [-0.2, -0.15) is 5.10 Å². The van der Waals surface area contributed by atoms with Crippen LogP contribution in [-0.4, -0.2) is 74.6 Å². The zero-order valence-electron chi connectivity index (χ0n) is 20.6. The van der Waals surface area contributed by atoms with Crippen LogP contribution in [-0.2, 0) is 11.3 Å². The molecule has 3 fully saturated rings. The van der Waals surface area contributed by atoms with Crippen LogP contribution >= 0.6 is 0 Å². The lowest BCUT2D eigenvalue weighted by Gasteiger charge is -2.57. The molecule has 35 heavy (non-hydrogen) atoms. The summed E-state index contributed by atoms with van der Waals surface area (Å²) in [6, 6.07) is 6.42. The third-order valence-electron chi connectivity index (χ3n) is 8.19. The minimum atomic E-state index is 0.104. The van der Waals surface area contributed by atoms with Crippen molar-refractivity contribution in [2.45, 2.75) is 70.0 Å². The van der Waals surface area contributed by atoms with E-state index in [4.69, 9.17) is 0 Å². The maximum Gasteiger partial charge on any atom is 0.255 e. The number of carbonyl (C=O) groups is 2. The summed E-state index contributed by atoms with van der Waals surface area (Å²) in [6.07, 6.45) is 15.0. The Morgan fingerprint density at radius 2 is 1.97 bits per heavy atom. The topological polar surface area (TPSA) is 83.4 Å². The number of rotatable bonds is 9. The summed E-state index contributed by atoms with van der Waals surface area (Å²) in [5.74, 6) is 1.27. The minimum absolute atomic E-state index is 0.104. The number of likely N-dealkylation sites (tertiary alicyclic amines) is 1. The van der Waals surface area contributed by atoms with Gasteiger partial charge in [0.15, 0.2) is 0 Å². The first kappa shape index (κ1) is 24.0. The molecule has 5 rings (SSSR count). The Bertz CT molecular complexity index is 963. The highest BCUT2D eigenvalue weighted by atomic mass is 16.2. The van der Waals surface area contributed by atoms with Crippen LogP contribution in [0.15, 0.2) is 43.0 Å².